The molecule has 90 valence electrons. The summed E-state index contributed by atoms with van der Waals surface area (Å²) in [6.07, 6.45) is 0. The average molecular weight is 234 g/mol. The third-order valence-corrected chi connectivity index (χ3v) is 2.71. The van der Waals surface area contributed by atoms with E-state index in [1.165, 1.54) is 0 Å². The summed E-state index contributed by atoms with van der Waals surface area (Å²) in [5.41, 5.74) is 8.12. The lowest BCUT2D eigenvalue weighted by Gasteiger charge is -2.09. The van der Waals surface area contributed by atoms with Gasteiger partial charge in [0.2, 0.25) is 0 Å². The number of nitrogens with zero attached hydrogens (tertiary/aromatic N) is 2. The Bertz CT molecular complexity index is 560. The van der Waals surface area contributed by atoms with Gasteiger partial charge in [0.25, 0.3) is 0 Å². The van der Waals surface area contributed by atoms with Crippen LogP contribution < -0.4 is 11.1 Å². The number of rotatable bonds is 2. The first-order chi connectivity index (χ1) is 8.00. The highest BCUT2D eigenvalue weighted by atomic mass is 19.1. The number of hydrogen-bond donors (Lipinski definition) is 2. The van der Waals surface area contributed by atoms with Crippen LogP contribution in [0.15, 0.2) is 18.2 Å². The zero-order valence-electron chi connectivity index (χ0n) is 10.1. The minimum absolute atomic E-state index is 0.272. The highest BCUT2D eigenvalue weighted by molar-refractivity contribution is 5.71. The number of hydrogen-bond acceptors (Lipinski definition) is 3. The lowest BCUT2D eigenvalue weighted by atomic mass is 10.2. The van der Waals surface area contributed by atoms with E-state index in [-0.39, 0.29) is 5.82 Å². The van der Waals surface area contributed by atoms with Crippen LogP contribution in [0.3, 0.4) is 0 Å². The van der Waals surface area contributed by atoms with Crippen molar-refractivity contribution in [3.63, 3.8) is 0 Å². The maximum atomic E-state index is 13.8. The fraction of sp³-hybridized carbons (Fsp3) is 0.250. The van der Waals surface area contributed by atoms with Gasteiger partial charge < -0.3 is 11.1 Å². The summed E-state index contributed by atoms with van der Waals surface area (Å²) in [7, 11) is 1.76. The molecule has 4 nitrogen and oxygen atoms in total. The predicted molar refractivity (Wildman–Crippen MR) is 66.8 cm³/mol. The van der Waals surface area contributed by atoms with E-state index in [1.54, 1.807) is 36.9 Å². The highest BCUT2D eigenvalue weighted by Gasteiger charge is 2.12. The normalized spacial score (nSPS) is 10.6. The molecule has 0 saturated heterocycles. The van der Waals surface area contributed by atoms with Crippen molar-refractivity contribution in [3.8, 4) is 0 Å². The summed E-state index contributed by atoms with van der Waals surface area (Å²) >= 11 is 0. The fourth-order valence-corrected chi connectivity index (χ4v) is 1.69. The SMILES string of the molecule is Cc1cccc(Nc2c(N)c(C)nn2C)c1F. The minimum Gasteiger partial charge on any atom is -0.394 e. The number of aryl methyl sites for hydroxylation is 3. The summed E-state index contributed by atoms with van der Waals surface area (Å²) < 4.78 is 15.4. The molecule has 0 bridgehead atoms. The van der Waals surface area contributed by atoms with Gasteiger partial charge in [0, 0.05) is 7.05 Å². The van der Waals surface area contributed by atoms with Crippen molar-refractivity contribution < 1.29 is 4.39 Å². The van der Waals surface area contributed by atoms with Crippen LogP contribution in [-0.2, 0) is 7.05 Å². The summed E-state index contributed by atoms with van der Waals surface area (Å²) in [5.74, 6) is 0.331. The third-order valence-electron chi connectivity index (χ3n) is 2.71. The van der Waals surface area contributed by atoms with Gasteiger partial charge in [-0.3, -0.25) is 4.68 Å². The van der Waals surface area contributed by atoms with Crippen LogP contribution in [0.4, 0.5) is 21.6 Å². The van der Waals surface area contributed by atoms with Crippen LogP contribution in [0.2, 0.25) is 0 Å². The van der Waals surface area contributed by atoms with E-state index in [2.05, 4.69) is 10.4 Å². The van der Waals surface area contributed by atoms with Gasteiger partial charge in [0.15, 0.2) is 5.82 Å². The van der Waals surface area contributed by atoms with Crippen LogP contribution in [0, 0.1) is 19.7 Å². The predicted octanol–water partition coefficient (Wildman–Crippen LogP) is 2.50. The van der Waals surface area contributed by atoms with Crippen molar-refractivity contribution in [1.82, 2.24) is 9.78 Å². The Hall–Kier alpha value is -2.04. The third kappa shape index (κ3) is 1.95. The molecular formula is C12H15FN4. The van der Waals surface area contributed by atoms with Crippen LogP contribution in [0.1, 0.15) is 11.3 Å². The zero-order valence-corrected chi connectivity index (χ0v) is 10.1. The van der Waals surface area contributed by atoms with Crippen molar-refractivity contribution in [2.45, 2.75) is 13.8 Å². The van der Waals surface area contributed by atoms with Crippen LogP contribution in [-0.4, -0.2) is 9.78 Å². The number of benzene rings is 1. The van der Waals surface area contributed by atoms with Crippen LogP contribution in [0.5, 0.6) is 0 Å². The second-order valence-electron chi connectivity index (χ2n) is 4.03. The summed E-state index contributed by atoms with van der Waals surface area (Å²) in [4.78, 5) is 0. The van der Waals surface area contributed by atoms with E-state index in [9.17, 15) is 4.39 Å². The molecule has 17 heavy (non-hydrogen) atoms. The molecule has 2 aromatic rings. The minimum atomic E-state index is -0.272. The van der Waals surface area contributed by atoms with Gasteiger partial charge in [-0.2, -0.15) is 5.10 Å². The van der Waals surface area contributed by atoms with E-state index in [4.69, 9.17) is 5.73 Å². The fourth-order valence-electron chi connectivity index (χ4n) is 1.69. The quantitative estimate of drug-likeness (QED) is 0.839. The maximum Gasteiger partial charge on any atom is 0.152 e. The Morgan fingerprint density at radius 1 is 1.35 bits per heavy atom. The number of aromatic nitrogens is 2. The molecule has 0 atom stereocenters. The molecule has 0 saturated carbocycles. The maximum absolute atomic E-state index is 13.8. The Labute approximate surface area is 99.2 Å². The van der Waals surface area contributed by atoms with Crippen molar-refractivity contribution in [3.05, 3.63) is 35.3 Å². The van der Waals surface area contributed by atoms with Gasteiger partial charge >= 0.3 is 0 Å². The highest BCUT2D eigenvalue weighted by Crippen LogP contribution is 2.27. The lowest BCUT2D eigenvalue weighted by molar-refractivity contribution is 0.622. The van der Waals surface area contributed by atoms with Gasteiger partial charge in [0.1, 0.15) is 5.82 Å². The molecule has 3 N–H and O–H groups in total. The standard InChI is InChI=1S/C12H15FN4/c1-7-5-4-6-9(10(7)13)15-12-11(14)8(2)16-17(12)3/h4-6,15H,14H2,1-3H3. The molecule has 1 aromatic carbocycles. The number of anilines is 3. The van der Waals surface area contributed by atoms with E-state index in [0.717, 1.165) is 5.69 Å². The molecule has 0 unspecified atom stereocenters. The first kappa shape index (κ1) is 11.4. The van der Waals surface area contributed by atoms with E-state index in [0.29, 0.717) is 22.8 Å². The summed E-state index contributed by atoms with van der Waals surface area (Å²) in [5, 5.41) is 7.14. The van der Waals surface area contributed by atoms with Crippen molar-refractivity contribution >= 4 is 17.2 Å². The number of nitrogens with two attached hydrogens (primary N) is 1. The molecule has 2 rings (SSSR count). The van der Waals surface area contributed by atoms with Crippen molar-refractivity contribution in [1.29, 1.82) is 0 Å². The Balaban J connectivity index is 2.41. The van der Waals surface area contributed by atoms with E-state index in [1.807, 2.05) is 6.92 Å². The second kappa shape index (κ2) is 4.08. The largest absolute Gasteiger partial charge is 0.394 e. The van der Waals surface area contributed by atoms with Crippen molar-refractivity contribution in [2.75, 3.05) is 11.1 Å². The summed E-state index contributed by atoms with van der Waals surface area (Å²) in [6, 6.07) is 5.18. The Morgan fingerprint density at radius 3 is 2.65 bits per heavy atom. The van der Waals surface area contributed by atoms with Crippen molar-refractivity contribution in [2.24, 2.45) is 7.05 Å². The lowest BCUT2D eigenvalue weighted by Crippen LogP contribution is -2.03. The molecule has 1 aromatic heterocycles. The van der Waals surface area contributed by atoms with Gasteiger partial charge in [-0.25, -0.2) is 4.39 Å². The first-order valence-corrected chi connectivity index (χ1v) is 5.32. The molecular weight excluding hydrogens is 219 g/mol. The molecule has 0 spiro atoms. The molecule has 1 heterocycles. The Morgan fingerprint density at radius 2 is 2.06 bits per heavy atom. The Kier molecular flexibility index (Phi) is 2.75. The molecule has 0 aliphatic heterocycles. The zero-order chi connectivity index (χ0) is 12.6. The van der Waals surface area contributed by atoms with E-state index >= 15 is 0 Å². The molecule has 0 radical (unpaired) electrons. The van der Waals surface area contributed by atoms with Crippen LogP contribution in [0.25, 0.3) is 0 Å². The number of halogens is 1. The number of nitrogens with one attached hydrogen (secondary N) is 1. The molecule has 0 fully saturated rings. The van der Waals surface area contributed by atoms with Gasteiger partial charge in [-0.1, -0.05) is 12.1 Å². The molecule has 0 amide bonds. The first-order valence-electron chi connectivity index (χ1n) is 5.32. The van der Waals surface area contributed by atoms with Crippen LogP contribution >= 0.6 is 0 Å². The second-order valence-corrected chi connectivity index (χ2v) is 4.03. The van der Waals surface area contributed by atoms with Gasteiger partial charge in [-0.15, -0.1) is 0 Å². The molecule has 0 aliphatic rings. The smallest absolute Gasteiger partial charge is 0.152 e. The van der Waals surface area contributed by atoms with Gasteiger partial charge in [0.05, 0.1) is 17.1 Å². The number of nitrogen functional groups attached to an aromatic ring is 1. The molecule has 0 aliphatic carbocycles. The monoisotopic (exact) mass is 234 g/mol. The summed E-state index contributed by atoms with van der Waals surface area (Å²) in [6.45, 7) is 3.53. The molecule has 5 heteroatoms. The average Bonchev–Trinajstić information content (AvgIpc) is 2.51. The topological polar surface area (TPSA) is 55.9 Å². The van der Waals surface area contributed by atoms with Gasteiger partial charge in [-0.05, 0) is 25.5 Å². The van der Waals surface area contributed by atoms with E-state index < -0.39 is 0 Å².